The van der Waals surface area contributed by atoms with Crippen LogP contribution in [0.3, 0.4) is 0 Å². The zero-order chi connectivity index (χ0) is 96.0. The van der Waals surface area contributed by atoms with Crippen LogP contribution >= 0.6 is 0 Å². The van der Waals surface area contributed by atoms with E-state index in [9.17, 15) is 23.7 Å². The van der Waals surface area contributed by atoms with Crippen molar-refractivity contribution in [2.24, 2.45) is 0 Å². The highest BCUT2D eigenvalue weighted by atomic mass is 19.2. The third-order valence-corrected chi connectivity index (χ3v) is 27.6. The zero-order valence-corrected chi connectivity index (χ0v) is 77.4. The van der Waals surface area contributed by atoms with Crippen molar-refractivity contribution in [1.82, 2.24) is 18.7 Å². The van der Waals surface area contributed by atoms with Gasteiger partial charge in [0.2, 0.25) is 0 Å². The van der Waals surface area contributed by atoms with E-state index in [1.54, 1.807) is 60.7 Å². The van der Waals surface area contributed by atoms with Crippen molar-refractivity contribution in [3.63, 3.8) is 0 Å². The number of hydrogen-bond acceptors (Lipinski definition) is 2. The molecule has 0 spiro atoms. The van der Waals surface area contributed by atoms with Gasteiger partial charge < -0.3 is 18.7 Å². The number of nitrogens with zero attached hydrogens (tertiary/aromatic N) is 5. The molecule has 688 valence electrons. The predicted octanol–water partition coefficient (Wildman–Crippen LogP) is 37.4. The topological polar surface area (TPSA) is 78.2 Å². The van der Waals surface area contributed by atoms with E-state index < -0.39 is 17.5 Å². The minimum atomic E-state index is -1.58. The molecule has 1 N–H and O–H groups in total. The molecular formula is C136H93F3N6. The summed E-state index contributed by atoms with van der Waals surface area (Å²) in [7, 11) is 0. The normalized spacial score (nSPS) is 11.2. The molecule has 0 aliphatic rings. The van der Waals surface area contributed by atoms with Gasteiger partial charge in [-0.15, -0.1) is 0 Å². The fourth-order valence-electron chi connectivity index (χ4n) is 20.9. The van der Waals surface area contributed by atoms with E-state index in [1.807, 2.05) is 6.07 Å². The number of aromatic amines is 1. The molecule has 0 aliphatic carbocycles. The van der Waals surface area contributed by atoms with Gasteiger partial charge in [0.1, 0.15) is 12.1 Å². The van der Waals surface area contributed by atoms with Crippen LogP contribution in [-0.4, -0.2) is 18.7 Å². The van der Waals surface area contributed by atoms with Gasteiger partial charge in [0.05, 0.1) is 61.3 Å². The first-order valence-electron chi connectivity index (χ1n) is 47.9. The quantitative estimate of drug-likeness (QED) is 0.104. The molecule has 22 aromatic carbocycles. The summed E-state index contributed by atoms with van der Waals surface area (Å²) in [6.07, 6.45) is 0. The molecule has 0 fully saturated rings. The monoisotopic (exact) mass is 1870 g/mol. The Labute approximate surface area is 839 Å². The maximum absolute atomic E-state index is 14.3. The van der Waals surface area contributed by atoms with E-state index in [0.29, 0.717) is 16.7 Å². The second kappa shape index (κ2) is 39.2. The minimum absolute atomic E-state index is 0. The Morgan fingerprint density at radius 1 is 0.166 bits per heavy atom. The Morgan fingerprint density at radius 2 is 0.331 bits per heavy atom. The van der Waals surface area contributed by atoms with Gasteiger partial charge >= 0.3 is 0 Å². The minimum Gasteiger partial charge on any atom is -0.355 e. The number of halogens is 3. The molecular weight excluding hydrogens is 1770 g/mol. The third-order valence-electron chi connectivity index (χ3n) is 27.6. The number of H-pyrrole nitrogens is 1. The summed E-state index contributed by atoms with van der Waals surface area (Å²) < 4.78 is 50.3. The van der Waals surface area contributed by atoms with Crippen molar-refractivity contribution < 1.29 is 13.2 Å². The van der Waals surface area contributed by atoms with Gasteiger partial charge in [0.25, 0.3) is 0 Å². The summed E-state index contributed by atoms with van der Waals surface area (Å²) in [6, 6.07) is 183. The standard InChI is InChI=1S/C91H58N4.C24H17N.C19H10F3N.2CH4/c92-59-80-87(66-37-21-7-22-38-66)89(93-81-47-41-68(60-25-9-1-10-26-60)53-74(81)75-54-69(42-48-82(75)93)61-27-11-2-12-28-61)91(95-85-51-45-72(64-33-17-5-18-34-64)57-78(85)79-58-73(46-52-86(79)95)65-35-19-6-20-36-65)90(88(80)67-39-23-8-24-40-67)94-83-49-43-70(62-29-13-3-14-30-62)55-76(83)77-56-71(44-50-84(77)94)63-31-15-4-16-32-63;1-3-7-17(8-4-1)19-11-13-23-21(15-19)22-16-20(12-14-24(22)25-23)18-9-5-2-6-10-18;20-17-15(12-7-3-1-4-8-12)14(11-23)16(18(21)19(17)22)13-9-5-2-6-10-13;;/h1-58H;1-16,25H;1-10H;2*1H4. The number of benzene rings is 22. The van der Waals surface area contributed by atoms with Crippen LogP contribution in [0, 0.1) is 40.1 Å². The molecule has 9 heteroatoms. The molecule has 4 aromatic heterocycles. The first kappa shape index (κ1) is 90.9. The second-order valence-corrected chi connectivity index (χ2v) is 35.9. The Bertz CT molecular complexity index is 8720. The molecule has 0 aliphatic heterocycles. The predicted molar refractivity (Wildman–Crippen MR) is 600 cm³/mol. The summed E-state index contributed by atoms with van der Waals surface area (Å²) in [5.41, 5.74) is 33.6. The maximum atomic E-state index is 14.3. The molecule has 0 saturated carbocycles. The van der Waals surface area contributed by atoms with Crippen molar-refractivity contribution in [2.75, 3.05) is 0 Å². The van der Waals surface area contributed by atoms with E-state index in [1.165, 1.54) is 44.1 Å². The third kappa shape index (κ3) is 16.6. The van der Waals surface area contributed by atoms with Crippen molar-refractivity contribution >= 4 is 87.2 Å². The van der Waals surface area contributed by atoms with E-state index >= 15 is 0 Å². The molecule has 0 atom stereocenters. The maximum Gasteiger partial charge on any atom is 0.195 e. The zero-order valence-electron chi connectivity index (χ0n) is 77.4. The SMILES string of the molecule is C.C.N#Cc1c(-c2ccccc2)c(-n2c3ccc(-c4ccccc4)cc3c3cc(-c4ccccc4)ccc32)c(-n2c3ccc(-c4ccccc4)cc3c3cc(-c4ccccc4)ccc32)c(-n2c3ccc(-c4ccccc4)cc3c3cc(-c4ccccc4)ccc32)c1-c1ccccc1.N#Cc1c(-c2ccccc2)c(F)c(F)c(F)c1-c1ccccc1.c1ccc(-c2ccc3[nH]c4ccc(-c5ccccc5)cc4c3c2)cc1. The fraction of sp³-hybridized carbons (Fsp3) is 0.0147. The summed E-state index contributed by atoms with van der Waals surface area (Å²) >= 11 is 0. The number of nitrogens with one attached hydrogen (secondary N) is 1. The number of nitriles is 2. The van der Waals surface area contributed by atoms with Crippen LogP contribution in [0.15, 0.2) is 510 Å². The Balaban J connectivity index is 0.000000194. The second-order valence-electron chi connectivity index (χ2n) is 35.9. The van der Waals surface area contributed by atoms with Crippen LogP contribution in [0.5, 0.6) is 0 Å². The van der Waals surface area contributed by atoms with Crippen LogP contribution in [0.25, 0.3) is 238 Å². The van der Waals surface area contributed by atoms with Crippen molar-refractivity contribution in [3.8, 4) is 163 Å². The van der Waals surface area contributed by atoms with Crippen LogP contribution in [-0.2, 0) is 0 Å². The van der Waals surface area contributed by atoms with Crippen molar-refractivity contribution in [1.29, 1.82) is 10.5 Å². The van der Waals surface area contributed by atoms with Gasteiger partial charge in [0.15, 0.2) is 17.5 Å². The molecule has 0 radical (unpaired) electrons. The van der Waals surface area contributed by atoms with Crippen LogP contribution in [0.4, 0.5) is 13.2 Å². The molecule has 4 heterocycles. The molecule has 26 rings (SSSR count). The lowest BCUT2D eigenvalue weighted by Crippen LogP contribution is -2.14. The number of fused-ring (bicyclic) bond motifs is 12. The molecule has 0 amide bonds. The lowest BCUT2D eigenvalue weighted by atomic mass is 9.87. The number of aromatic nitrogens is 4. The van der Waals surface area contributed by atoms with E-state index in [2.05, 4.69) is 474 Å². The Hall–Kier alpha value is -19.2. The summed E-state index contributed by atoms with van der Waals surface area (Å²) in [6.45, 7) is 0. The summed E-state index contributed by atoms with van der Waals surface area (Å²) in [5.74, 6) is -4.29. The van der Waals surface area contributed by atoms with Crippen molar-refractivity contribution in [3.05, 3.63) is 538 Å². The van der Waals surface area contributed by atoms with E-state index in [0.717, 1.165) is 171 Å². The van der Waals surface area contributed by atoms with Gasteiger partial charge in [-0.05, 0) is 208 Å². The van der Waals surface area contributed by atoms with Gasteiger partial charge in [-0.3, -0.25) is 0 Å². The molecule has 0 bridgehead atoms. The Morgan fingerprint density at radius 3 is 0.531 bits per heavy atom. The highest BCUT2D eigenvalue weighted by Crippen LogP contribution is 2.54. The van der Waals surface area contributed by atoms with Gasteiger partial charge in [-0.25, -0.2) is 13.2 Å². The molecule has 0 saturated heterocycles. The summed E-state index contributed by atoms with van der Waals surface area (Å²) in [5, 5.41) is 31.4. The average Bonchev–Trinajstić information content (AvgIpc) is 1.53. The van der Waals surface area contributed by atoms with Crippen LogP contribution in [0.2, 0.25) is 0 Å². The first-order chi connectivity index (χ1) is 70.6. The number of rotatable bonds is 15. The van der Waals surface area contributed by atoms with Gasteiger partial charge in [-0.2, -0.15) is 10.5 Å². The lowest BCUT2D eigenvalue weighted by molar-refractivity contribution is 0.450. The lowest BCUT2D eigenvalue weighted by Gasteiger charge is -2.29. The molecule has 6 nitrogen and oxygen atoms in total. The average molecular weight is 1870 g/mol. The van der Waals surface area contributed by atoms with E-state index in [4.69, 9.17) is 0 Å². The molecule has 0 unspecified atom stereocenters. The van der Waals surface area contributed by atoms with Crippen molar-refractivity contribution in [2.45, 2.75) is 14.9 Å². The van der Waals surface area contributed by atoms with Crippen LogP contribution in [0.1, 0.15) is 26.0 Å². The van der Waals surface area contributed by atoms with E-state index in [-0.39, 0.29) is 31.5 Å². The number of hydrogen-bond donors (Lipinski definition) is 1. The first-order valence-corrected chi connectivity index (χ1v) is 47.9. The molecule has 145 heavy (non-hydrogen) atoms. The molecule has 26 aromatic rings. The highest BCUT2D eigenvalue weighted by molar-refractivity contribution is 6.19. The highest BCUT2D eigenvalue weighted by Gasteiger charge is 2.36. The van der Waals surface area contributed by atoms with Gasteiger partial charge in [-0.1, -0.05) is 427 Å². The summed E-state index contributed by atoms with van der Waals surface area (Å²) in [4.78, 5) is 3.54. The Kier molecular flexibility index (Phi) is 24.6. The van der Waals surface area contributed by atoms with Crippen LogP contribution < -0.4 is 0 Å². The smallest absolute Gasteiger partial charge is 0.195 e. The fourth-order valence-corrected chi connectivity index (χ4v) is 20.9. The largest absolute Gasteiger partial charge is 0.355 e. The van der Waals surface area contributed by atoms with Gasteiger partial charge in [0, 0.05) is 76.4 Å².